The first-order valence-corrected chi connectivity index (χ1v) is 10.5. The van der Waals surface area contributed by atoms with Crippen LogP contribution in [0.3, 0.4) is 0 Å². The van der Waals surface area contributed by atoms with Crippen molar-refractivity contribution in [2.45, 2.75) is 19.9 Å². The van der Waals surface area contributed by atoms with Gasteiger partial charge < -0.3 is 14.2 Å². The van der Waals surface area contributed by atoms with Gasteiger partial charge in [0, 0.05) is 30.6 Å². The second kappa shape index (κ2) is 9.92. The van der Waals surface area contributed by atoms with Gasteiger partial charge in [0.1, 0.15) is 5.75 Å². The second-order valence-electron chi connectivity index (χ2n) is 7.57. The molecule has 0 aliphatic heterocycles. The van der Waals surface area contributed by atoms with Crippen LogP contribution < -0.4 is 4.74 Å². The standard InChI is InChI=1S/C26H25N3O3/c1-19-11-13-21(14-12-19)26(30)29(18-20-7-4-3-5-8-20)16-15-24-27-25(28-32-24)22-9-6-10-23(17-22)31-2/h3-14,17H,15-16,18H2,1-2H3. The number of methoxy groups -OCH3 is 1. The van der Waals surface area contributed by atoms with Crippen LogP contribution >= 0.6 is 0 Å². The zero-order valence-electron chi connectivity index (χ0n) is 18.2. The van der Waals surface area contributed by atoms with Gasteiger partial charge in [-0.1, -0.05) is 65.3 Å². The summed E-state index contributed by atoms with van der Waals surface area (Å²) in [5.74, 6) is 1.68. The van der Waals surface area contributed by atoms with E-state index in [2.05, 4.69) is 10.1 Å². The summed E-state index contributed by atoms with van der Waals surface area (Å²) in [6, 6.07) is 25.1. The maximum Gasteiger partial charge on any atom is 0.254 e. The van der Waals surface area contributed by atoms with Crippen LogP contribution in [0.25, 0.3) is 11.4 Å². The molecule has 0 fully saturated rings. The quantitative estimate of drug-likeness (QED) is 0.398. The highest BCUT2D eigenvalue weighted by molar-refractivity contribution is 5.94. The molecular formula is C26H25N3O3. The van der Waals surface area contributed by atoms with Crippen molar-refractivity contribution in [3.8, 4) is 17.1 Å². The first-order valence-electron chi connectivity index (χ1n) is 10.5. The fraction of sp³-hybridized carbons (Fsp3) is 0.192. The predicted molar refractivity (Wildman–Crippen MR) is 122 cm³/mol. The number of aromatic nitrogens is 2. The topological polar surface area (TPSA) is 68.5 Å². The third-order valence-corrected chi connectivity index (χ3v) is 5.19. The third kappa shape index (κ3) is 5.21. The van der Waals surface area contributed by atoms with Gasteiger partial charge >= 0.3 is 0 Å². The number of aryl methyl sites for hydroxylation is 1. The Hall–Kier alpha value is -3.93. The lowest BCUT2D eigenvalue weighted by Crippen LogP contribution is -2.32. The van der Waals surface area contributed by atoms with E-state index < -0.39 is 0 Å². The summed E-state index contributed by atoms with van der Waals surface area (Å²) in [6.07, 6.45) is 0.460. The minimum atomic E-state index is -0.0265. The summed E-state index contributed by atoms with van der Waals surface area (Å²) in [6.45, 7) is 2.97. The van der Waals surface area contributed by atoms with Gasteiger partial charge in [0.05, 0.1) is 7.11 Å². The van der Waals surface area contributed by atoms with Gasteiger partial charge in [-0.25, -0.2) is 0 Å². The molecule has 0 saturated heterocycles. The van der Waals surface area contributed by atoms with Crippen molar-refractivity contribution < 1.29 is 14.1 Å². The lowest BCUT2D eigenvalue weighted by atomic mass is 10.1. The van der Waals surface area contributed by atoms with Gasteiger partial charge in [0.15, 0.2) is 0 Å². The van der Waals surface area contributed by atoms with Crippen LogP contribution in [0.15, 0.2) is 83.4 Å². The number of carbonyl (C=O) groups excluding carboxylic acids is 1. The Kier molecular flexibility index (Phi) is 6.60. The van der Waals surface area contributed by atoms with E-state index in [1.54, 1.807) is 7.11 Å². The van der Waals surface area contributed by atoms with Gasteiger partial charge in [0.25, 0.3) is 5.91 Å². The van der Waals surface area contributed by atoms with E-state index in [9.17, 15) is 4.79 Å². The maximum absolute atomic E-state index is 13.2. The van der Waals surface area contributed by atoms with Crippen molar-refractivity contribution >= 4 is 5.91 Å². The van der Waals surface area contributed by atoms with E-state index in [1.165, 1.54) is 0 Å². The van der Waals surface area contributed by atoms with Crippen molar-refractivity contribution in [1.29, 1.82) is 0 Å². The van der Waals surface area contributed by atoms with Crippen LogP contribution in [-0.2, 0) is 13.0 Å². The highest BCUT2D eigenvalue weighted by atomic mass is 16.5. The Balaban J connectivity index is 1.50. The number of nitrogens with zero attached hydrogens (tertiary/aromatic N) is 3. The monoisotopic (exact) mass is 427 g/mol. The van der Waals surface area contributed by atoms with Crippen LogP contribution in [0.4, 0.5) is 0 Å². The molecule has 0 aliphatic rings. The average Bonchev–Trinajstić information content (AvgIpc) is 3.31. The Morgan fingerprint density at radius 1 is 1.00 bits per heavy atom. The second-order valence-corrected chi connectivity index (χ2v) is 7.57. The fourth-order valence-electron chi connectivity index (χ4n) is 3.40. The highest BCUT2D eigenvalue weighted by Crippen LogP contribution is 2.21. The number of benzene rings is 3. The van der Waals surface area contributed by atoms with Gasteiger partial charge in [-0.3, -0.25) is 4.79 Å². The van der Waals surface area contributed by atoms with Crippen molar-refractivity contribution in [3.63, 3.8) is 0 Å². The normalized spacial score (nSPS) is 10.7. The molecule has 32 heavy (non-hydrogen) atoms. The van der Waals surface area contributed by atoms with E-state index in [1.807, 2.05) is 90.7 Å². The van der Waals surface area contributed by atoms with Crippen LogP contribution in [0.1, 0.15) is 27.4 Å². The van der Waals surface area contributed by atoms with Crippen molar-refractivity contribution in [3.05, 3.63) is 101 Å². The Morgan fingerprint density at radius 2 is 1.78 bits per heavy atom. The van der Waals surface area contributed by atoms with E-state index in [0.717, 1.165) is 22.4 Å². The molecule has 0 aliphatic carbocycles. The number of rotatable bonds is 8. The minimum Gasteiger partial charge on any atom is -0.497 e. The molecule has 4 rings (SSSR count). The Bertz CT molecular complexity index is 1170. The van der Waals surface area contributed by atoms with Gasteiger partial charge in [-0.05, 0) is 36.8 Å². The summed E-state index contributed by atoms with van der Waals surface area (Å²) in [4.78, 5) is 19.5. The Morgan fingerprint density at radius 3 is 2.53 bits per heavy atom. The van der Waals surface area contributed by atoms with Crippen LogP contribution in [0.5, 0.6) is 5.75 Å². The zero-order valence-corrected chi connectivity index (χ0v) is 18.2. The van der Waals surface area contributed by atoms with E-state index in [0.29, 0.717) is 36.8 Å². The largest absolute Gasteiger partial charge is 0.497 e. The minimum absolute atomic E-state index is 0.0265. The van der Waals surface area contributed by atoms with Gasteiger partial charge in [-0.15, -0.1) is 0 Å². The molecule has 6 heteroatoms. The molecule has 1 amide bonds. The molecule has 0 saturated carbocycles. The molecule has 1 heterocycles. The molecule has 162 valence electrons. The van der Waals surface area contributed by atoms with Crippen molar-refractivity contribution in [1.82, 2.24) is 15.0 Å². The van der Waals surface area contributed by atoms with Gasteiger partial charge in [0.2, 0.25) is 11.7 Å². The van der Waals surface area contributed by atoms with Crippen molar-refractivity contribution in [2.75, 3.05) is 13.7 Å². The molecule has 0 spiro atoms. The lowest BCUT2D eigenvalue weighted by Gasteiger charge is -2.22. The van der Waals surface area contributed by atoms with E-state index in [-0.39, 0.29) is 5.91 Å². The van der Waals surface area contributed by atoms with Crippen molar-refractivity contribution in [2.24, 2.45) is 0 Å². The number of carbonyl (C=O) groups is 1. The molecule has 4 aromatic rings. The molecule has 0 radical (unpaired) electrons. The third-order valence-electron chi connectivity index (χ3n) is 5.19. The summed E-state index contributed by atoms with van der Waals surface area (Å²) < 4.78 is 10.7. The van der Waals surface area contributed by atoms with E-state index in [4.69, 9.17) is 9.26 Å². The SMILES string of the molecule is COc1cccc(-c2noc(CCN(Cc3ccccc3)C(=O)c3ccc(C)cc3)n2)c1. The number of hydrogen-bond acceptors (Lipinski definition) is 5. The predicted octanol–water partition coefficient (Wildman–Crippen LogP) is 4.94. The number of amides is 1. The van der Waals surface area contributed by atoms with Gasteiger partial charge in [-0.2, -0.15) is 4.98 Å². The molecule has 0 atom stereocenters. The molecule has 3 aromatic carbocycles. The molecular weight excluding hydrogens is 402 g/mol. The van der Waals surface area contributed by atoms with Crippen LogP contribution in [0, 0.1) is 6.92 Å². The highest BCUT2D eigenvalue weighted by Gasteiger charge is 2.18. The average molecular weight is 428 g/mol. The molecule has 6 nitrogen and oxygen atoms in total. The Labute approximate surface area is 187 Å². The van der Waals surface area contributed by atoms with Crippen LogP contribution in [0.2, 0.25) is 0 Å². The summed E-state index contributed by atoms with van der Waals surface area (Å²) >= 11 is 0. The number of ether oxygens (including phenoxy) is 1. The molecule has 0 N–H and O–H groups in total. The fourth-order valence-corrected chi connectivity index (χ4v) is 3.40. The summed E-state index contributed by atoms with van der Waals surface area (Å²) in [5, 5.41) is 4.09. The van der Waals surface area contributed by atoms with E-state index >= 15 is 0 Å². The maximum atomic E-state index is 13.2. The first-order chi connectivity index (χ1) is 15.6. The molecule has 0 unspecified atom stereocenters. The molecule has 1 aromatic heterocycles. The van der Waals surface area contributed by atoms with Crippen LogP contribution in [-0.4, -0.2) is 34.6 Å². The smallest absolute Gasteiger partial charge is 0.254 e. The summed E-state index contributed by atoms with van der Waals surface area (Å²) in [7, 11) is 1.62. The molecule has 0 bridgehead atoms. The first kappa shape index (κ1) is 21.3. The lowest BCUT2D eigenvalue weighted by molar-refractivity contribution is 0.0741. The summed E-state index contributed by atoms with van der Waals surface area (Å²) in [5.41, 5.74) is 3.66. The zero-order chi connectivity index (χ0) is 22.3. The number of hydrogen-bond donors (Lipinski definition) is 0.